The summed E-state index contributed by atoms with van der Waals surface area (Å²) in [6.07, 6.45) is -3.05. The van der Waals surface area contributed by atoms with Crippen molar-refractivity contribution in [1.29, 1.82) is 0 Å². The Morgan fingerprint density at radius 3 is 2.83 bits per heavy atom. The van der Waals surface area contributed by atoms with Crippen molar-refractivity contribution in [3.63, 3.8) is 0 Å². The second-order valence-corrected chi connectivity index (χ2v) is 9.57. The highest BCUT2D eigenvalue weighted by molar-refractivity contribution is 6.33. The largest absolute Gasteiger partial charge is 0.481 e. The summed E-state index contributed by atoms with van der Waals surface area (Å²) in [5.41, 5.74) is -0.182. The molecule has 2 amide bonds. The number of carbonyl (C=O) groups excluding carboxylic acids is 1. The van der Waals surface area contributed by atoms with E-state index in [1.54, 1.807) is 12.1 Å². The molecule has 5 rings (SSSR count). The number of anilines is 3. The minimum atomic E-state index is -4.66. The molecule has 11 nitrogen and oxygen atoms in total. The molecule has 2 aliphatic rings. The lowest BCUT2D eigenvalue weighted by molar-refractivity contribution is -0.137. The van der Waals surface area contributed by atoms with Crippen LogP contribution in [0, 0.1) is 0 Å². The van der Waals surface area contributed by atoms with Crippen LogP contribution in [0.1, 0.15) is 12.0 Å². The van der Waals surface area contributed by atoms with Crippen molar-refractivity contribution in [3.8, 4) is 23.0 Å². The number of hydrogen-bond acceptors (Lipinski definition) is 9. The number of nitrogens with one attached hydrogen (secondary N) is 1. The van der Waals surface area contributed by atoms with E-state index in [0.717, 1.165) is 6.07 Å². The molecule has 1 saturated heterocycles. The van der Waals surface area contributed by atoms with E-state index >= 15 is 0 Å². The van der Waals surface area contributed by atoms with Gasteiger partial charge in [-0.25, -0.2) is 19.7 Å². The first kappa shape index (κ1) is 27.7. The molecule has 1 fully saturated rings. The Morgan fingerprint density at radius 2 is 2.10 bits per heavy atom. The molecule has 2 bridgehead atoms. The summed E-state index contributed by atoms with van der Waals surface area (Å²) in [5.74, 6) is 0.238. The van der Waals surface area contributed by atoms with E-state index in [0.29, 0.717) is 37.1 Å². The Balaban J connectivity index is 1.50. The molecule has 5 heterocycles. The molecule has 3 aromatic rings. The molecular weight excluding hydrogens is 557 g/mol. The van der Waals surface area contributed by atoms with Gasteiger partial charge in [0.25, 0.3) is 0 Å². The predicted octanol–water partition coefficient (Wildman–Crippen LogP) is 3.58. The maximum atomic E-state index is 13.6. The first-order valence-corrected chi connectivity index (χ1v) is 12.5. The number of urea groups is 1. The van der Waals surface area contributed by atoms with Crippen molar-refractivity contribution in [2.45, 2.75) is 24.7 Å². The number of aliphatic hydroxyl groups is 2. The number of alkyl halides is 3. The van der Waals surface area contributed by atoms with E-state index < -0.39 is 30.5 Å². The number of rotatable bonds is 7. The van der Waals surface area contributed by atoms with Gasteiger partial charge in [0.05, 0.1) is 47.3 Å². The van der Waals surface area contributed by atoms with Crippen molar-refractivity contribution >= 4 is 34.8 Å². The van der Waals surface area contributed by atoms with Gasteiger partial charge in [0, 0.05) is 37.2 Å². The number of aromatic nitrogens is 3. The van der Waals surface area contributed by atoms with Crippen LogP contribution in [0.15, 0.2) is 36.7 Å². The van der Waals surface area contributed by atoms with Crippen LogP contribution < -0.4 is 24.6 Å². The van der Waals surface area contributed by atoms with E-state index in [9.17, 15) is 23.1 Å². The van der Waals surface area contributed by atoms with Crippen molar-refractivity contribution < 1.29 is 37.7 Å². The van der Waals surface area contributed by atoms with E-state index in [2.05, 4.69) is 20.3 Å². The number of amides is 2. The normalized spacial score (nSPS) is 16.9. The lowest BCUT2D eigenvalue weighted by Gasteiger charge is -2.36. The molecule has 0 spiro atoms. The summed E-state index contributed by atoms with van der Waals surface area (Å²) < 4.78 is 51.0. The van der Waals surface area contributed by atoms with Crippen LogP contribution in [-0.4, -0.2) is 76.8 Å². The SMILES string of the molecule is COc1ncc(C(F)(F)F)cc1-c1nc2c(cc1Cl)N1CC[C@@H](C1)N2C(=O)Nc1ccnc(OC[C@@H](O)CO)c1. The number of carbonyl (C=O) groups is 1. The van der Waals surface area contributed by atoms with Gasteiger partial charge in [-0.15, -0.1) is 0 Å². The molecule has 212 valence electrons. The molecule has 15 heteroatoms. The smallest absolute Gasteiger partial charge is 0.417 e. The Labute approximate surface area is 231 Å². The Hall–Kier alpha value is -3.88. The Kier molecular flexibility index (Phi) is 7.57. The zero-order valence-electron chi connectivity index (χ0n) is 21.0. The van der Waals surface area contributed by atoms with Crippen molar-refractivity contribution in [1.82, 2.24) is 15.0 Å². The number of aliphatic hydroxyl groups excluding tert-OH is 2. The van der Waals surface area contributed by atoms with Crippen molar-refractivity contribution in [3.05, 3.63) is 47.2 Å². The molecule has 0 radical (unpaired) electrons. The van der Waals surface area contributed by atoms with Gasteiger partial charge in [0.15, 0.2) is 5.82 Å². The fourth-order valence-electron chi connectivity index (χ4n) is 4.60. The highest BCUT2D eigenvalue weighted by Gasteiger charge is 2.41. The van der Waals surface area contributed by atoms with Crippen LogP contribution in [0.2, 0.25) is 5.02 Å². The van der Waals surface area contributed by atoms with Crippen LogP contribution >= 0.6 is 11.6 Å². The topological polar surface area (TPSA) is 133 Å². The fraction of sp³-hybridized carbons (Fsp3) is 0.360. The van der Waals surface area contributed by atoms with Gasteiger partial charge in [-0.3, -0.25) is 4.90 Å². The quantitative estimate of drug-likeness (QED) is 0.383. The van der Waals surface area contributed by atoms with Gasteiger partial charge < -0.3 is 29.9 Å². The number of pyridine rings is 3. The van der Waals surface area contributed by atoms with Crippen LogP contribution in [0.3, 0.4) is 0 Å². The summed E-state index contributed by atoms with van der Waals surface area (Å²) in [6, 6.07) is 4.64. The van der Waals surface area contributed by atoms with E-state index in [-0.39, 0.29) is 46.5 Å². The summed E-state index contributed by atoms with van der Waals surface area (Å²) in [4.78, 5) is 29.5. The Morgan fingerprint density at radius 1 is 1.30 bits per heavy atom. The van der Waals surface area contributed by atoms with E-state index in [1.165, 1.54) is 24.3 Å². The Bertz CT molecular complexity index is 1430. The standard InChI is InChI=1S/C25H24ClF3N6O5/c1-39-23-17(6-13(9-31-23)25(27,28)29)21-18(26)8-19-22(33-21)35(15-3-5-34(19)10-15)24(38)32-14-2-4-30-20(7-14)40-12-16(37)11-36/h2,4,6-9,15-16,36-37H,3,5,10-12H2,1H3,(H,30,32,38)/t15-,16-/m0/s1. The van der Waals surface area contributed by atoms with Gasteiger partial charge in [-0.2, -0.15) is 13.2 Å². The molecule has 40 heavy (non-hydrogen) atoms. The second kappa shape index (κ2) is 10.9. The summed E-state index contributed by atoms with van der Waals surface area (Å²) in [6.45, 7) is 0.480. The van der Waals surface area contributed by atoms with Gasteiger partial charge in [0.1, 0.15) is 12.7 Å². The third-order valence-electron chi connectivity index (χ3n) is 6.50. The van der Waals surface area contributed by atoms with Crippen LogP contribution in [0.25, 0.3) is 11.3 Å². The van der Waals surface area contributed by atoms with Gasteiger partial charge in [-0.05, 0) is 24.6 Å². The van der Waals surface area contributed by atoms with Crippen LogP contribution in [0.4, 0.5) is 35.2 Å². The summed E-state index contributed by atoms with van der Waals surface area (Å²) in [7, 11) is 1.27. The maximum absolute atomic E-state index is 13.6. The highest BCUT2D eigenvalue weighted by Crippen LogP contribution is 2.45. The number of halogens is 4. The van der Waals surface area contributed by atoms with E-state index in [4.69, 9.17) is 26.2 Å². The number of nitrogens with zero attached hydrogens (tertiary/aromatic N) is 5. The average Bonchev–Trinajstić information content (AvgIpc) is 3.35. The fourth-order valence-corrected chi connectivity index (χ4v) is 4.85. The first-order chi connectivity index (χ1) is 19.1. The number of fused-ring (bicyclic) bond motifs is 4. The number of hydrogen-bond donors (Lipinski definition) is 3. The average molecular weight is 581 g/mol. The third kappa shape index (κ3) is 5.42. The second-order valence-electron chi connectivity index (χ2n) is 9.16. The number of methoxy groups -OCH3 is 1. The molecule has 2 atom stereocenters. The minimum Gasteiger partial charge on any atom is -0.481 e. The molecule has 3 aromatic heterocycles. The predicted molar refractivity (Wildman–Crippen MR) is 139 cm³/mol. The molecular formula is C25H24ClF3N6O5. The zero-order valence-corrected chi connectivity index (χ0v) is 21.8. The highest BCUT2D eigenvalue weighted by atomic mass is 35.5. The summed E-state index contributed by atoms with van der Waals surface area (Å²) >= 11 is 6.54. The lowest BCUT2D eigenvalue weighted by atomic mass is 10.1. The molecule has 0 unspecified atom stereocenters. The van der Waals surface area contributed by atoms with Gasteiger partial charge in [-0.1, -0.05) is 11.6 Å². The minimum absolute atomic E-state index is 0.0156. The van der Waals surface area contributed by atoms with Crippen LogP contribution in [0.5, 0.6) is 11.8 Å². The lowest BCUT2D eigenvalue weighted by Crippen LogP contribution is -2.48. The molecule has 0 aromatic carbocycles. The first-order valence-electron chi connectivity index (χ1n) is 12.1. The molecule has 0 aliphatic carbocycles. The van der Waals surface area contributed by atoms with Gasteiger partial charge in [0.2, 0.25) is 11.8 Å². The van der Waals surface area contributed by atoms with Crippen molar-refractivity contribution in [2.24, 2.45) is 0 Å². The van der Waals surface area contributed by atoms with Crippen molar-refractivity contribution in [2.75, 3.05) is 48.5 Å². The number of ether oxygens (including phenoxy) is 2. The molecule has 0 saturated carbocycles. The van der Waals surface area contributed by atoms with Gasteiger partial charge >= 0.3 is 12.2 Å². The maximum Gasteiger partial charge on any atom is 0.417 e. The molecule has 2 aliphatic heterocycles. The van der Waals surface area contributed by atoms with Crippen LogP contribution in [-0.2, 0) is 6.18 Å². The zero-order chi connectivity index (χ0) is 28.6. The molecule has 3 N–H and O–H groups in total. The monoisotopic (exact) mass is 580 g/mol. The van der Waals surface area contributed by atoms with E-state index in [1.807, 2.05) is 4.90 Å². The third-order valence-corrected chi connectivity index (χ3v) is 6.79. The summed E-state index contributed by atoms with van der Waals surface area (Å²) in [5, 5.41) is 21.3.